The highest BCUT2D eigenvalue weighted by Gasteiger charge is 2.15. The summed E-state index contributed by atoms with van der Waals surface area (Å²) < 4.78 is 29.4. The monoisotopic (exact) mass is 251 g/mol. The Morgan fingerprint density at radius 3 is 2.50 bits per heavy atom. The fourth-order valence-electron chi connectivity index (χ4n) is 1.95. The van der Waals surface area contributed by atoms with Crippen molar-refractivity contribution in [3.63, 3.8) is 0 Å². The molecule has 2 aromatic rings. The maximum absolute atomic E-state index is 14.0. The van der Waals surface area contributed by atoms with Gasteiger partial charge in [-0.15, -0.1) is 0 Å². The van der Waals surface area contributed by atoms with E-state index in [2.05, 4.69) is 10.3 Å². The smallest absolute Gasteiger partial charge is 0.150 e. The van der Waals surface area contributed by atoms with Gasteiger partial charge in [0.1, 0.15) is 11.5 Å². The SMILES string of the molecule is CCc1nccn1-c1c(F)cc(CNC)cc1F. The highest BCUT2D eigenvalue weighted by atomic mass is 19.1. The van der Waals surface area contributed by atoms with E-state index >= 15 is 0 Å². The lowest BCUT2D eigenvalue weighted by Gasteiger charge is -2.11. The molecule has 0 saturated carbocycles. The second-order valence-electron chi connectivity index (χ2n) is 4.01. The van der Waals surface area contributed by atoms with E-state index in [1.807, 2.05) is 6.92 Å². The molecule has 5 heteroatoms. The van der Waals surface area contributed by atoms with E-state index in [0.29, 0.717) is 24.4 Å². The van der Waals surface area contributed by atoms with Crippen LogP contribution in [0.3, 0.4) is 0 Å². The number of hydrogen-bond acceptors (Lipinski definition) is 2. The van der Waals surface area contributed by atoms with Crippen molar-refractivity contribution in [3.8, 4) is 5.69 Å². The minimum absolute atomic E-state index is 0.0656. The highest BCUT2D eigenvalue weighted by molar-refractivity contribution is 5.39. The van der Waals surface area contributed by atoms with Crippen molar-refractivity contribution in [2.24, 2.45) is 0 Å². The van der Waals surface area contributed by atoms with Gasteiger partial charge in [-0.3, -0.25) is 4.57 Å². The van der Waals surface area contributed by atoms with Crippen molar-refractivity contribution in [2.75, 3.05) is 7.05 Å². The van der Waals surface area contributed by atoms with E-state index in [-0.39, 0.29) is 5.69 Å². The lowest BCUT2D eigenvalue weighted by atomic mass is 10.1. The molecule has 1 N–H and O–H groups in total. The average molecular weight is 251 g/mol. The van der Waals surface area contributed by atoms with E-state index in [9.17, 15) is 8.78 Å². The predicted molar refractivity (Wildman–Crippen MR) is 65.6 cm³/mol. The number of halogens is 2. The number of nitrogens with zero attached hydrogens (tertiary/aromatic N) is 2. The van der Waals surface area contributed by atoms with Gasteiger partial charge in [0.05, 0.1) is 0 Å². The molecule has 0 aliphatic heterocycles. The van der Waals surface area contributed by atoms with Crippen LogP contribution in [0, 0.1) is 11.6 Å². The van der Waals surface area contributed by atoms with Crippen LogP contribution in [-0.2, 0) is 13.0 Å². The number of hydrogen-bond donors (Lipinski definition) is 1. The first kappa shape index (κ1) is 12.7. The van der Waals surface area contributed by atoms with Gasteiger partial charge in [-0.05, 0) is 24.7 Å². The van der Waals surface area contributed by atoms with Crippen LogP contribution in [0.15, 0.2) is 24.5 Å². The summed E-state index contributed by atoms with van der Waals surface area (Å²) in [5.41, 5.74) is 0.513. The molecule has 0 aliphatic rings. The third kappa shape index (κ3) is 2.26. The second-order valence-corrected chi connectivity index (χ2v) is 4.01. The van der Waals surface area contributed by atoms with Crippen LogP contribution in [0.1, 0.15) is 18.3 Å². The fourth-order valence-corrected chi connectivity index (χ4v) is 1.95. The Hall–Kier alpha value is -1.75. The number of aryl methyl sites for hydroxylation is 1. The number of benzene rings is 1. The first-order chi connectivity index (χ1) is 8.67. The zero-order valence-corrected chi connectivity index (χ0v) is 10.4. The van der Waals surface area contributed by atoms with Gasteiger partial charge in [-0.2, -0.15) is 0 Å². The maximum Gasteiger partial charge on any atom is 0.150 e. The molecule has 0 bridgehead atoms. The number of aromatic nitrogens is 2. The zero-order chi connectivity index (χ0) is 13.1. The Morgan fingerprint density at radius 1 is 1.28 bits per heavy atom. The molecule has 0 saturated heterocycles. The highest BCUT2D eigenvalue weighted by Crippen LogP contribution is 2.21. The van der Waals surface area contributed by atoms with Crippen molar-refractivity contribution in [3.05, 3.63) is 47.5 Å². The van der Waals surface area contributed by atoms with E-state index in [1.54, 1.807) is 19.4 Å². The van der Waals surface area contributed by atoms with Crippen molar-refractivity contribution < 1.29 is 8.78 Å². The normalized spacial score (nSPS) is 10.9. The molecule has 3 nitrogen and oxygen atoms in total. The summed E-state index contributed by atoms with van der Waals surface area (Å²) in [6.07, 6.45) is 3.72. The van der Waals surface area contributed by atoms with Gasteiger partial charge in [-0.1, -0.05) is 6.92 Å². The average Bonchev–Trinajstić information content (AvgIpc) is 2.76. The molecular formula is C13H15F2N3. The largest absolute Gasteiger partial charge is 0.316 e. The van der Waals surface area contributed by atoms with E-state index in [1.165, 1.54) is 16.7 Å². The summed E-state index contributed by atoms with van der Waals surface area (Å²) in [6.45, 7) is 2.32. The van der Waals surface area contributed by atoms with Crippen molar-refractivity contribution >= 4 is 0 Å². The van der Waals surface area contributed by atoms with Crippen molar-refractivity contribution in [1.29, 1.82) is 0 Å². The predicted octanol–water partition coefficient (Wildman–Crippen LogP) is 2.43. The van der Waals surface area contributed by atoms with Gasteiger partial charge in [0.15, 0.2) is 11.6 Å². The number of imidazole rings is 1. The molecule has 0 unspecified atom stereocenters. The standard InChI is InChI=1S/C13H15F2N3/c1-3-12-17-4-5-18(12)13-10(14)6-9(8-16-2)7-11(13)15/h4-7,16H,3,8H2,1-2H3. The van der Waals surface area contributed by atoms with Crippen LogP contribution in [0.5, 0.6) is 0 Å². The van der Waals surface area contributed by atoms with Gasteiger partial charge in [0, 0.05) is 25.4 Å². The third-order valence-corrected chi connectivity index (χ3v) is 2.73. The molecule has 1 heterocycles. The molecule has 0 spiro atoms. The Kier molecular flexibility index (Phi) is 3.72. The van der Waals surface area contributed by atoms with Crippen LogP contribution >= 0.6 is 0 Å². The Morgan fingerprint density at radius 2 is 1.94 bits per heavy atom. The second kappa shape index (κ2) is 5.27. The summed E-state index contributed by atoms with van der Waals surface area (Å²) in [6, 6.07) is 2.68. The molecule has 0 radical (unpaired) electrons. The first-order valence-corrected chi connectivity index (χ1v) is 5.82. The van der Waals surface area contributed by atoms with Crippen LogP contribution in [0.2, 0.25) is 0 Å². The molecule has 18 heavy (non-hydrogen) atoms. The summed E-state index contributed by atoms with van der Waals surface area (Å²) in [5, 5.41) is 2.86. The zero-order valence-electron chi connectivity index (χ0n) is 10.4. The third-order valence-electron chi connectivity index (χ3n) is 2.73. The van der Waals surface area contributed by atoms with E-state index in [4.69, 9.17) is 0 Å². The summed E-state index contributed by atoms with van der Waals surface area (Å²) >= 11 is 0. The van der Waals surface area contributed by atoms with Gasteiger partial charge in [0.25, 0.3) is 0 Å². The molecule has 1 aromatic carbocycles. The minimum atomic E-state index is -0.576. The topological polar surface area (TPSA) is 29.9 Å². The van der Waals surface area contributed by atoms with E-state index < -0.39 is 11.6 Å². The number of rotatable bonds is 4. The Bertz CT molecular complexity index is 526. The summed E-state index contributed by atoms with van der Waals surface area (Å²) in [5.74, 6) is -0.518. The quantitative estimate of drug-likeness (QED) is 0.904. The van der Waals surface area contributed by atoms with Crippen LogP contribution in [0.4, 0.5) is 8.78 Å². The Balaban J connectivity index is 2.52. The molecule has 96 valence electrons. The van der Waals surface area contributed by atoms with Gasteiger partial charge < -0.3 is 5.32 Å². The molecule has 0 fully saturated rings. The van der Waals surface area contributed by atoms with Gasteiger partial charge in [-0.25, -0.2) is 13.8 Å². The minimum Gasteiger partial charge on any atom is -0.316 e. The summed E-state index contributed by atoms with van der Waals surface area (Å²) in [4.78, 5) is 4.07. The lowest BCUT2D eigenvalue weighted by Crippen LogP contribution is -2.09. The van der Waals surface area contributed by atoms with Crippen molar-refractivity contribution in [1.82, 2.24) is 14.9 Å². The molecule has 2 rings (SSSR count). The van der Waals surface area contributed by atoms with Crippen LogP contribution in [0.25, 0.3) is 5.69 Å². The fraction of sp³-hybridized carbons (Fsp3) is 0.308. The van der Waals surface area contributed by atoms with Gasteiger partial charge >= 0.3 is 0 Å². The number of nitrogens with one attached hydrogen (secondary N) is 1. The van der Waals surface area contributed by atoms with E-state index in [0.717, 1.165) is 0 Å². The van der Waals surface area contributed by atoms with Crippen LogP contribution in [-0.4, -0.2) is 16.6 Å². The molecule has 0 aliphatic carbocycles. The van der Waals surface area contributed by atoms with Gasteiger partial charge in [0.2, 0.25) is 0 Å². The Labute approximate surface area is 104 Å². The summed E-state index contributed by atoms with van der Waals surface area (Å²) in [7, 11) is 1.73. The van der Waals surface area contributed by atoms with Crippen LogP contribution < -0.4 is 5.32 Å². The molecule has 0 amide bonds. The maximum atomic E-state index is 14.0. The molecule has 1 aromatic heterocycles. The lowest BCUT2D eigenvalue weighted by molar-refractivity contribution is 0.561. The van der Waals surface area contributed by atoms with Crippen molar-refractivity contribution in [2.45, 2.75) is 19.9 Å². The molecular weight excluding hydrogens is 236 g/mol. The first-order valence-electron chi connectivity index (χ1n) is 5.82. The molecule has 0 atom stereocenters.